The number of hydrogen-bond donors (Lipinski definition) is 2. The average Bonchev–Trinajstić information content (AvgIpc) is 2.40. The minimum Gasteiger partial charge on any atom is -0.381 e. The summed E-state index contributed by atoms with van der Waals surface area (Å²) in [5.41, 5.74) is 5.19. The number of nitrogens with two attached hydrogens (primary N) is 1. The Morgan fingerprint density at radius 3 is 2.22 bits per heavy atom. The first-order valence-electron chi connectivity index (χ1n) is 6.23. The van der Waals surface area contributed by atoms with E-state index in [0.717, 1.165) is 0 Å². The fourth-order valence-electron chi connectivity index (χ4n) is 2.24. The molecule has 2 rings (SSSR count). The highest BCUT2D eigenvalue weighted by atomic mass is 32.2. The number of rotatable bonds is 4. The van der Waals surface area contributed by atoms with Crippen LogP contribution >= 0.6 is 0 Å². The lowest BCUT2D eigenvalue weighted by Crippen LogP contribution is -2.60. The zero-order valence-corrected chi connectivity index (χ0v) is 11.2. The van der Waals surface area contributed by atoms with E-state index < -0.39 is 15.7 Å². The molecule has 0 radical (unpaired) electrons. The van der Waals surface area contributed by atoms with Crippen LogP contribution in [-0.2, 0) is 19.7 Å². The average molecular weight is 279 g/mol. The van der Waals surface area contributed by atoms with Gasteiger partial charge in [-0.1, -0.05) is 0 Å². The molecule has 0 aromatic heterocycles. The smallest absolute Gasteiger partial charge is 0.280 e. The number of nitrogens with one attached hydrogen (secondary N) is 1. The number of ether oxygens (including phenoxy) is 2. The molecular formula is C10H21N3O4S. The third-order valence-electron chi connectivity index (χ3n) is 3.50. The maximum absolute atomic E-state index is 12.3. The van der Waals surface area contributed by atoms with E-state index in [-0.39, 0.29) is 0 Å². The largest absolute Gasteiger partial charge is 0.381 e. The normalized spacial score (nSPS) is 26.1. The molecule has 8 heteroatoms. The third kappa shape index (κ3) is 3.19. The summed E-state index contributed by atoms with van der Waals surface area (Å²) in [5, 5.41) is 0. The molecule has 2 saturated heterocycles. The van der Waals surface area contributed by atoms with Crippen LogP contribution in [0.25, 0.3) is 0 Å². The van der Waals surface area contributed by atoms with E-state index >= 15 is 0 Å². The quantitative estimate of drug-likeness (QED) is 0.664. The van der Waals surface area contributed by atoms with Gasteiger partial charge in [-0.3, -0.25) is 0 Å². The van der Waals surface area contributed by atoms with Crippen LogP contribution in [0.1, 0.15) is 12.8 Å². The first-order chi connectivity index (χ1) is 8.58. The summed E-state index contributed by atoms with van der Waals surface area (Å²) in [6.07, 6.45) is 1.24. The Balaban J connectivity index is 2.05. The van der Waals surface area contributed by atoms with E-state index in [4.69, 9.17) is 15.2 Å². The molecule has 2 fully saturated rings. The summed E-state index contributed by atoms with van der Waals surface area (Å²) < 4.78 is 39.2. The maximum atomic E-state index is 12.3. The second-order valence-electron chi connectivity index (χ2n) is 4.72. The van der Waals surface area contributed by atoms with Gasteiger partial charge in [0.1, 0.15) is 0 Å². The Bertz CT molecular complexity index is 361. The molecule has 0 bridgehead atoms. The predicted molar refractivity (Wildman–Crippen MR) is 66.3 cm³/mol. The van der Waals surface area contributed by atoms with Gasteiger partial charge in [0.15, 0.2) is 0 Å². The lowest BCUT2D eigenvalue weighted by atomic mass is 9.92. The second kappa shape index (κ2) is 5.81. The van der Waals surface area contributed by atoms with Gasteiger partial charge in [0, 0.05) is 32.8 Å². The van der Waals surface area contributed by atoms with Crippen molar-refractivity contribution < 1.29 is 17.9 Å². The van der Waals surface area contributed by atoms with Gasteiger partial charge in [-0.25, -0.2) is 0 Å². The van der Waals surface area contributed by atoms with Crippen LogP contribution in [0, 0.1) is 0 Å². The molecule has 3 N–H and O–H groups in total. The lowest BCUT2D eigenvalue weighted by Gasteiger charge is -2.38. The molecule has 18 heavy (non-hydrogen) atoms. The first-order valence-corrected chi connectivity index (χ1v) is 7.67. The van der Waals surface area contributed by atoms with Crippen LogP contribution in [0.4, 0.5) is 0 Å². The van der Waals surface area contributed by atoms with Crippen LogP contribution in [0.3, 0.4) is 0 Å². The maximum Gasteiger partial charge on any atom is 0.280 e. The number of nitrogens with zero attached hydrogens (tertiary/aromatic N) is 1. The highest BCUT2D eigenvalue weighted by molar-refractivity contribution is 7.87. The highest BCUT2D eigenvalue weighted by Crippen LogP contribution is 2.21. The van der Waals surface area contributed by atoms with E-state index in [1.54, 1.807) is 0 Å². The van der Waals surface area contributed by atoms with Crippen molar-refractivity contribution in [3.63, 3.8) is 0 Å². The van der Waals surface area contributed by atoms with Crippen molar-refractivity contribution in [1.82, 2.24) is 9.03 Å². The Morgan fingerprint density at radius 2 is 1.67 bits per heavy atom. The number of hydrogen-bond acceptors (Lipinski definition) is 5. The molecule has 0 aromatic rings. The van der Waals surface area contributed by atoms with Gasteiger partial charge >= 0.3 is 0 Å². The van der Waals surface area contributed by atoms with Crippen molar-refractivity contribution in [2.24, 2.45) is 5.73 Å². The lowest BCUT2D eigenvalue weighted by molar-refractivity contribution is 0.0470. The monoisotopic (exact) mass is 279 g/mol. The fraction of sp³-hybridized carbons (Fsp3) is 1.00. The van der Waals surface area contributed by atoms with Gasteiger partial charge in [-0.2, -0.15) is 17.4 Å². The molecule has 0 aromatic carbocycles. The third-order valence-corrected chi connectivity index (χ3v) is 5.23. The van der Waals surface area contributed by atoms with E-state index in [9.17, 15) is 8.42 Å². The molecule has 2 aliphatic rings. The van der Waals surface area contributed by atoms with Crippen LogP contribution < -0.4 is 10.5 Å². The minimum atomic E-state index is -3.49. The van der Waals surface area contributed by atoms with Crippen molar-refractivity contribution in [1.29, 1.82) is 0 Å². The van der Waals surface area contributed by atoms with E-state index in [2.05, 4.69) is 4.72 Å². The van der Waals surface area contributed by atoms with Crippen LogP contribution in [0.5, 0.6) is 0 Å². The van der Waals surface area contributed by atoms with Gasteiger partial charge in [0.25, 0.3) is 10.2 Å². The SMILES string of the molecule is NCC1(NS(=O)(=O)N2CCOCC2)CCOCC1. The van der Waals surface area contributed by atoms with E-state index in [1.165, 1.54) is 4.31 Å². The fourth-order valence-corrected chi connectivity index (χ4v) is 3.83. The summed E-state index contributed by atoms with van der Waals surface area (Å²) in [4.78, 5) is 0. The summed E-state index contributed by atoms with van der Waals surface area (Å²) in [7, 11) is -3.49. The highest BCUT2D eigenvalue weighted by Gasteiger charge is 2.37. The van der Waals surface area contributed by atoms with Crippen molar-refractivity contribution >= 4 is 10.2 Å². The molecule has 0 saturated carbocycles. The summed E-state index contributed by atoms with van der Waals surface area (Å²) in [6.45, 7) is 3.06. The van der Waals surface area contributed by atoms with Crippen LogP contribution in [-0.4, -0.2) is 64.3 Å². The molecule has 0 unspecified atom stereocenters. The first kappa shape index (κ1) is 14.2. The van der Waals surface area contributed by atoms with E-state index in [1.807, 2.05) is 0 Å². The van der Waals surface area contributed by atoms with Gasteiger partial charge < -0.3 is 15.2 Å². The van der Waals surface area contributed by atoms with Crippen LogP contribution in [0.2, 0.25) is 0 Å². The molecule has 0 spiro atoms. The molecule has 0 amide bonds. The Morgan fingerprint density at radius 1 is 1.11 bits per heavy atom. The van der Waals surface area contributed by atoms with Crippen LogP contribution in [0.15, 0.2) is 0 Å². The Kier molecular flexibility index (Phi) is 4.57. The summed E-state index contributed by atoms with van der Waals surface area (Å²) in [5.74, 6) is 0. The summed E-state index contributed by atoms with van der Waals surface area (Å²) >= 11 is 0. The van der Waals surface area contributed by atoms with Crippen molar-refractivity contribution in [2.45, 2.75) is 18.4 Å². The molecule has 7 nitrogen and oxygen atoms in total. The van der Waals surface area contributed by atoms with E-state index in [0.29, 0.717) is 58.9 Å². The Labute approximate surface area is 108 Å². The molecule has 0 aliphatic carbocycles. The summed E-state index contributed by atoms with van der Waals surface area (Å²) in [6, 6.07) is 0. The minimum absolute atomic E-state index is 0.292. The molecule has 2 heterocycles. The predicted octanol–water partition coefficient (Wildman–Crippen LogP) is -1.34. The molecular weight excluding hydrogens is 258 g/mol. The van der Waals surface area contributed by atoms with Gasteiger partial charge in [-0.05, 0) is 12.8 Å². The molecule has 106 valence electrons. The van der Waals surface area contributed by atoms with Gasteiger partial charge in [0.2, 0.25) is 0 Å². The van der Waals surface area contributed by atoms with Crippen molar-refractivity contribution in [3.8, 4) is 0 Å². The van der Waals surface area contributed by atoms with Crippen molar-refractivity contribution in [2.75, 3.05) is 46.1 Å². The Hall–Kier alpha value is -0.250. The van der Waals surface area contributed by atoms with Gasteiger partial charge in [-0.15, -0.1) is 0 Å². The zero-order valence-electron chi connectivity index (χ0n) is 10.4. The standard InChI is InChI=1S/C10H21N3O4S/c11-9-10(1-5-16-6-2-10)12-18(14,15)13-3-7-17-8-4-13/h12H,1-9,11H2. The second-order valence-corrected chi connectivity index (χ2v) is 6.39. The zero-order chi connectivity index (χ0) is 13.1. The number of morpholine rings is 1. The molecule has 0 atom stereocenters. The topological polar surface area (TPSA) is 93.9 Å². The molecule has 2 aliphatic heterocycles. The van der Waals surface area contributed by atoms with Crippen molar-refractivity contribution in [3.05, 3.63) is 0 Å². The van der Waals surface area contributed by atoms with Gasteiger partial charge in [0.05, 0.1) is 18.8 Å².